The SMILES string of the molecule is CSCCCCCCCC/C(=N/OS(=O)(=O)O)SC1OC(CO)C(O)C(O)C1O. The summed E-state index contributed by atoms with van der Waals surface area (Å²) in [6.07, 6.45) is 2.70. The Hall–Kier alpha value is -0.120. The second kappa shape index (κ2) is 14.0. The van der Waals surface area contributed by atoms with E-state index >= 15 is 0 Å². The second-order valence-corrected chi connectivity index (χ2v) is 9.83. The molecule has 1 rings (SSSR count). The predicted octanol–water partition coefficient (Wildman–Crippen LogP) is 0.746. The predicted molar refractivity (Wildman–Crippen MR) is 112 cm³/mol. The topological polar surface area (TPSA) is 166 Å². The van der Waals surface area contributed by atoms with Gasteiger partial charge >= 0.3 is 10.4 Å². The number of rotatable bonds is 13. The number of aliphatic hydroxyl groups excluding tert-OH is 4. The Bertz CT molecular complexity index is 588. The van der Waals surface area contributed by atoms with Crippen LogP contribution in [0.15, 0.2) is 5.16 Å². The molecule has 172 valence electrons. The number of aliphatic hydroxyl groups is 4. The van der Waals surface area contributed by atoms with E-state index in [1.165, 1.54) is 6.42 Å². The number of ether oxygens (including phenoxy) is 1. The van der Waals surface area contributed by atoms with E-state index in [-0.39, 0.29) is 5.04 Å². The Balaban J connectivity index is 2.61. The maximum Gasteiger partial charge on any atom is 0.466 e. The molecule has 0 amide bonds. The van der Waals surface area contributed by atoms with Crippen molar-refractivity contribution < 1.29 is 42.4 Å². The van der Waals surface area contributed by atoms with Crippen molar-refractivity contribution in [3.63, 3.8) is 0 Å². The molecule has 5 unspecified atom stereocenters. The summed E-state index contributed by atoms with van der Waals surface area (Å²) in [5.41, 5.74) is -1.11. The molecular weight excluding hydrogens is 446 g/mol. The van der Waals surface area contributed by atoms with Crippen LogP contribution >= 0.6 is 23.5 Å². The molecule has 0 bridgehead atoms. The highest BCUT2D eigenvalue weighted by atomic mass is 32.3. The van der Waals surface area contributed by atoms with Crippen molar-refractivity contribution in [2.45, 2.75) is 74.8 Å². The van der Waals surface area contributed by atoms with Crippen LogP contribution in [0.5, 0.6) is 0 Å². The van der Waals surface area contributed by atoms with E-state index in [1.54, 1.807) is 0 Å². The quantitative estimate of drug-likeness (QED) is 0.0835. The molecule has 0 aromatic heterocycles. The van der Waals surface area contributed by atoms with Gasteiger partial charge in [-0.05, 0) is 31.3 Å². The summed E-state index contributed by atoms with van der Waals surface area (Å²) in [4.78, 5) is 0. The summed E-state index contributed by atoms with van der Waals surface area (Å²) in [6.45, 7) is -0.577. The van der Waals surface area contributed by atoms with Gasteiger partial charge in [-0.15, -0.1) is 0 Å². The van der Waals surface area contributed by atoms with Crippen molar-refractivity contribution >= 4 is 39.0 Å². The van der Waals surface area contributed by atoms with E-state index < -0.39 is 46.9 Å². The maximum atomic E-state index is 10.8. The van der Waals surface area contributed by atoms with Gasteiger partial charge in [0.1, 0.15) is 34.9 Å². The average Bonchev–Trinajstić information content (AvgIpc) is 2.67. The van der Waals surface area contributed by atoms with Crippen LogP contribution in [0.1, 0.15) is 44.9 Å². The van der Waals surface area contributed by atoms with Crippen LogP contribution in [0.2, 0.25) is 0 Å². The van der Waals surface area contributed by atoms with E-state index in [1.807, 2.05) is 11.8 Å². The summed E-state index contributed by atoms with van der Waals surface area (Å²) in [6, 6.07) is 0. The van der Waals surface area contributed by atoms with E-state index in [0.717, 1.165) is 43.2 Å². The fourth-order valence-corrected chi connectivity index (χ4v) is 4.58. The molecule has 0 aromatic rings. The van der Waals surface area contributed by atoms with Gasteiger partial charge in [-0.25, -0.2) is 4.28 Å². The average molecular weight is 478 g/mol. The number of nitrogens with zero attached hydrogens (tertiary/aromatic N) is 1. The van der Waals surface area contributed by atoms with E-state index in [2.05, 4.69) is 15.7 Å². The first-order valence-corrected chi connectivity index (χ1v) is 13.0. The molecule has 1 aliphatic rings. The van der Waals surface area contributed by atoms with E-state index in [4.69, 9.17) is 9.29 Å². The number of hydrogen-bond acceptors (Lipinski definition) is 11. The highest BCUT2D eigenvalue weighted by Gasteiger charge is 2.44. The summed E-state index contributed by atoms with van der Waals surface area (Å²) < 4.78 is 39.8. The summed E-state index contributed by atoms with van der Waals surface area (Å²) in [7, 11) is -4.79. The molecule has 1 heterocycles. The largest absolute Gasteiger partial charge is 0.466 e. The van der Waals surface area contributed by atoms with Crippen molar-refractivity contribution in [2.75, 3.05) is 18.6 Å². The Morgan fingerprint density at radius 3 is 2.24 bits per heavy atom. The molecule has 13 heteroatoms. The lowest BCUT2D eigenvalue weighted by Gasteiger charge is -2.39. The minimum Gasteiger partial charge on any atom is -0.394 e. The molecule has 5 N–H and O–H groups in total. The third kappa shape index (κ3) is 10.6. The fraction of sp³-hybridized carbons (Fsp3) is 0.938. The molecule has 1 aliphatic heterocycles. The summed E-state index contributed by atoms with van der Waals surface area (Å²) in [5, 5.41) is 42.6. The van der Waals surface area contributed by atoms with Gasteiger partial charge in [-0.2, -0.15) is 20.2 Å². The summed E-state index contributed by atoms with van der Waals surface area (Å²) >= 11 is 2.62. The first-order valence-electron chi connectivity index (χ1n) is 9.38. The third-order valence-corrected chi connectivity index (χ3v) is 6.46. The van der Waals surface area contributed by atoms with Crippen LogP contribution in [0.3, 0.4) is 0 Å². The van der Waals surface area contributed by atoms with Crippen LogP contribution in [0.25, 0.3) is 0 Å². The molecule has 0 aromatic carbocycles. The molecule has 29 heavy (non-hydrogen) atoms. The smallest absolute Gasteiger partial charge is 0.394 e. The maximum absolute atomic E-state index is 10.8. The number of thioether (sulfide) groups is 2. The molecule has 10 nitrogen and oxygen atoms in total. The second-order valence-electron chi connectivity index (χ2n) is 6.67. The van der Waals surface area contributed by atoms with Gasteiger partial charge < -0.3 is 25.2 Å². The van der Waals surface area contributed by atoms with Gasteiger partial charge in [0.25, 0.3) is 0 Å². The normalized spacial score (nSPS) is 28.5. The summed E-state index contributed by atoms with van der Waals surface area (Å²) in [5.74, 6) is 1.14. The van der Waals surface area contributed by atoms with Gasteiger partial charge in [0, 0.05) is 0 Å². The fourth-order valence-electron chi connectivity index (χ4n) is 2.74. The van der Waals surface area contributed by atoms with Gasteiger partial charge in [0.2, 0.25) is 0 Å². The lowest BCUT2D eigenvalue weighted by Crippen LogP contribution is -2.57. The van der Waals surface area contributed by atoms with E-state index in [0.29, 0.717) is 12.8 Å². The Labute approximate surface area is 180 Å². The molecule has 0 spiro atoms. The molecule has 1 fully saturated rings. The minimum absolute atomic E-state index is 0.134. The van der Waals surface area contributed by atoms with Crippen LogP contribution in [-0.4, -0.2) is 86.9 Å². The zero-order valence-corrected chi connectivity index (χ0v) is 18.7. The van der Waals surface area contributed by atoms with Crippen LogP contribution in [-0.2, 0) is 19.4 Å². The van der Waals surface area contributed by atoms with Crippen LogP contribution < -0.4 is 0 Å². The third-order valence-electron chi connectivity index (χ3n) is 4.32. The lowest BCUT2D eigenvalue weighted by molar-refractivity contribution is -0.205. The van der Waals surface area contributed by atoms with E-state index in [9.17, 15) is 28.8 Å². The molecule has 1 saturated heterocycles. The first kappa shape index (κ1) is 26.9. The monoisotopic (exact) mass is 477 g/mol. The molecule has 5 atom stereocenters. The number of hydrogen-bond donors (Lipinski definition) is 5. The van der Waals surface area contributed by atoms with Gasteiger partial charge in [0.05, 0.1) is 6.61 Å². The standard InChI is InChI=1S/C16H31NO9S3/c1-27-9-7-5-3-2-4-6-8-12(17-26-29(22,23)24)28-16-15(21)14(20)13(19)11(10-18)25-16/h11,13-16,18-21H,2-10H2,1H3,(H,22,23,24)/b17-12-. The lowest BCUT2D eigenvalue weighted by atomic mass is 10.0. The molecule has 0 aliphatic carbocycles. The van der Waals surface area contributed by atoms with Crippen molar-refractivity contribution in [3.8, 4) is 0 Å². The zero-order chi connectivity index (χ0) is 21.9. The molecular formula is C16H31NO9S3. The molecule has 0 radical (unpaired) electrons. The highest BCUT2D eigenvalue weighted by Crippen LogP contribution is 2.30. The van der Waals surface area contributed by atoms with Crippen molar-refractivity contribution in [2.24, 2.45) is 5.16 Å². The first-order chi connectivity index (χ1) is 13.7. The van der Waals surface area contributed by atoms with Crippen LogP contribution in [0.4, 0.5) is 0 Å². The number of unbranched alkanes of at least 4 members (excludes halogenated alkanes) is 5. The minimum atomic E-state index is -4.79. The highest BCUT2D eigenvalue weighted by molar-refractivity contribution is 8.14. The Morgan fingerprint density at radius 1 is 1.03 bits per heavy atom. The Morgan fingerprint density at radius 2 is 1.66 bits per heavy atom. The Kier molecular flexibility index (Phi) is 13.0. The van der Waals surface area contributed by atoms with Crippen molar-refractivity contribution in [1.82, 2.24) is 0 Å². The zero-order valence-electron chi connectivity index (χ0n) is 16.3. The molecule has 0 saturated carbocycles. The van der Waals surface area contributed by atoms with Crippen LogP contribution in [0, 0.1) is 0 Å². The van der Waals surface area contributed by atoms with Crippen molar-refractivity contribution in [3.05, 3.63) is 0 Å². The number of oxime groups is 1. The van der Waals surface area contributed by atoms with Gasteiger partial charge in [-0.3, -0.25) is 4.55 Å². The van der Waals surface area contributed by atoms with Gasteiger partial charge in [0.15, 0.2) is 0 Å². The van der Waals surface area contributed by atoms with Gasteiger partial charge in [-0.1, -0.05) is 42.6 Å². The van der Waals surface area contributed by atoms with Crippen molar-refractivity contribution in [1.29, 1.82) is 0 Å².